The number of hydrogen-bond donors (Lipinski definition) is 1. The number of aliphatic carboxylic acids is 2. The van der Waals surface area contributed by atoms with Crippen LogP contribution < -0.4 is 74.6 Å². The van der Waals surface area contributed by atoms with Crippen molar-refractivity contribution in [3.8, 4) is 0 Å². The second-order valence-electron chi connectivity index (χ2n) is 8.05. The zero-order chi connectivity index (χ0) is 21.7. The van der Waals surface area contributed by atoms with Crippen molar-refractivity contribution in [2.24, 2.45) is 0 Å². The van der Waals surface area contributed by atoms with E-state index in [-0.39, 0.29) is 83.3 Å². The smallest absolute Gasteiger partial charge is 0.550 e. The van der Waals surface area contributed by atoms with Crippen LogP contribution in [0.4, 0.5) is 0 Å². The SMILES string of the molecule is CCCCCCCCCCCCCCCCCC(=O)N[C@@H](CCC(=O)[O-])C(=O)[O-].O.[Na+].[Na+]. The molecule has 1 atom stereocenters. The van der Waals surface area contributed by atoms with E-state index >= 15 is 0 Å². The molecule has 0 fully saturated rings. The number of amides is 1. The molecule has 0 saturated heterocycles. The molecule has 9 heteroatoms. The van der Waals surface area contributed by atoms with Gasteiger partial charge in [0.05, 0.1) is 12.0 Å². The normalized spacial score (nSPS) is 10.8. The van der Waals surface area contributed by atoms with E-state index in [1.807, 2.05) is 0 Å². The molecule has 0 aromatic heterocycles. The van der Waals surface area contributed by atoms with Crippen LogP contribution in [0.15, 0.2) is 0 Å². The molecule has 0 aliphatic rings. The Labute approximate surface area is 239 Å². The Hall–Kier alpha value is 0.370. The molecule has 0 aliphatic carbocycles. The Kier molecular flexibility index (Phi) is 36.4. The van der Waals surface area contributed by atoms with Crippen molar-refractivity contribution in [2.75, 3.05) is 0 Å². The fourth-order valence-corrected chi connectivity index (χ4v) is 3.43. The fraction of sp³-hybridized carbons (Fsp3) is 0.870. The molecule has 0 spiro atoms. The van der Waals surface area contributed by atoms with Crippen molar-refractivity contribution < 1.29 is 89.2 Å². The molecule has 32 heavy (non-hydrogen) atoms. The molecule has 178 valence electrons. The van der Waals surface area contributed by atoms with Gasteiger partial charge in [-0.05, 0) is 19.3 Å². The van der Waals surface area contributed by atoms with Gasteiger partial charge in [0.1, 0.15) is 0 Å². The van der Waals surface area contributed by atoms with Crippen LogP contribution in [0, 0.1) is 0 Å². The topological polar surface area (TPSA) is 141 Å². The van der Waals surface area contributed by atoms with Gasteiger partial charge in [0, 0.05) is 12.4 Å². The average Bonchev–Trinajstić information content (AvgIpc) is 2.67. The summed E-state index contributed by atoms with van der Waals surface area (Å²) in [5.74, 6) is -3.17. The standard InChI is InChI=1S/C23H43NO5.2Na.H2O/c1-2-3-4-5-6-7-8-9-10-11-12-13-14-15-16-17-21(25)24-20(23(28)29)18-19-22(26)27;;;/h20H,2-19H2,1H3,(H,24,25)(H,26,27)(H,28,29);;;1H2/q;2*+1;/p-2/t20-;;;/m0.../s1. The first-order chi connectivity index (χ1) is 14.0. The van der Waals surface area contributed by atoms with Crippen LogP contribution in [-0.2, 0) is 14.4 Å². The van der Waals surface area contributed by atoms with Gasteiger partial charge >= 0.3 is 59.1 Å². The molecule has 0 heterocycles. The Morgan fingerprint density at radius 1 is 0.656 bits per heavy atom. The van der Waals surface area contributed by atoms with Gasteiger partial charge in [0.2, 0.25) is 5.91 Å². The summed E-state index contributed by atoms with van der Waals surface area (Å²) in [6.45, 7) is 2.25. The number of carboxylic acids is 2. The number of unbranched alkanes of at least 4 members (excludes halogenated alkanes) is 14. The molecule has 3 N–H and O–H groups in total. The predicted molar refractivity (Wildman–Crippen MR) is 114 cm³/mol. The number of carbonyl (C=O) groups excluding carboxylic acids is 3. The van der Waals surface area contributed by atoms with Gasteiger partial charge in [-0.1, -0.05) is 96.8 Å². The van der Waals surface area contributed by atoms with Crippen LogP contribution in [0.5, 0.6) is 0 Å². The van der Waals surface area contributed by atoms with Gasteiger partial charge in [-0.25, -0.2) is 0 Å². The molecule has 0 radical (unpaired) electrons. The van der Waals surface area contributed by atoms with Crippen molar-refractivity contribution >= 4 is 17.8 Å². The largest absolute Gasteiger partial charge is 1.00 e. The molecule has 0 aromatic carbocycles. The number of nitrogens with one attached hydrogen (secondary N) is 1. The van der Waals surface area contributed by atoms with Crippen LogP contribution in [0.25, 0.3) is 0 Å². The number of hydrogen-bond acceptors (Lipinski definition) is 5. The molecule has 0 aromatic rings. The Bertz CT molecular complexity index is 452. The third-order valence-electron chi connectivity index (χ3n) is 5.26. The van der Waals surface area contributed by atoms with E-state index in [1.54, 1.807) is 0 Å². The van der Waals surface area contributed by atoms with Gasteiger partial charge in [0.25, 0.3) is 0 Å². The van der Waals surface area contributed by atoms with Gasteiger partial charge in [-0.2, -0.15) is 0 Å². The maximum Gasteiger partial charge on any atom is 1.00 e. The van der Waals surface area contributed by atoms with Crippen molar-refractivity contribution in [2.45, 2.75) is 129 Å². The molecular weight excluding hydrogens is 432 g/mol. The molecular formula is C23H43NNa2O6. The van der Waals surface area contributed by atoms with E-state index in [1.165, 1.54) is 77.0 Å². The molecule has 0 bridgehead atoms. The van der Waals surface area contributed by atoms with Gasteiger partial charge in [0.15, 0.2) is 0 Å². The minimum atomic E-state index is -1.46. The van der Waals surface area contributed by atoms with E-state index in [0.29, 0.717) is 6.42 Å². The van der Waals surface area contributed by atoms with Crippen LogP contribution >= 0.6 is 0 Å². The van der Waals surface area contributed by atoms with Crippen LogP contribution in [0.1, 0.15) is 122 Å². The van der Waals surface area contributed by atoms with Crippen LogP contribution in [0.3, 0.4) is 0 Å². The Morgan fingerprint density at radius 2 is 1.03 bits per heavy atom. The summed E-state index contributed by atoms with van der Waals surface area (Å²) in [6, 6.07) is -1.27. The predicted octanol–water partition coefficient (Wildman–Crippen LogP) is -3.80. The van der Waals surface area contributed by atoms with E-state index in [4.69, 9.17) is 0 Å². The van der Waals surface area contributed by atoms with E-state index in [0.717, 1.165) is 12.8 Å². The maximum absolute atomic E-state index is 11.8. The summed E-state index contributed by atoms with van der Waals surface area (Å²) in [5, 5.41) is 23.7. The van der Waals surface area contributed by atoms with E-state index in [2.05, 4.69) is 12.2 Å². The van der Waals surface area contributed by atoms with Gasteiger partial charge < -0.3 is 30.6 Å². The minimum absolute atomic E-state index is 0. The monoisotopic (exact) mass is 475 g/mol. The quantitative estimate of drug-likeness (QED) is 0.134. The van der Waals surface area contributed by atoms with Crippen molar-refractivity contribution in [1.29, 1.82) is 0 Å². The zero-order valence-electron chi connectivity index (χ0n) is 20.8. The number of carbonyl (C=O) groups is 3. The van der Waals surface area contributed by atoms with E-state index in [9.17, 15) is 24.6 Å². The summed E-state index contributed by atoms with van der Waals surface area (Å²) in [4.78, 5) is 33.1. The fourth-order valence-electron chi connectivity index (χ4n) is 3.43. The Morgan fingerprint density at radius 3 is 1.38 bits per heavy atom. The average molecular weight is 476 g/mol. The van der Waals surface area contributed by atoms with Crippen LogP contribution in [0.2, 0.25) is 0 Å². The molecule has 1 amide bonds. The molecule has 0 unspecified atom stereocenters. The van der Waals surface area contributed by atoms with Crippen molar-refractivity contribution in [1.82, 2.24) is 5.32 Å². The summed E-state index contributed by atoms with van der Waals surface area (Å²) < 4.78 is 0. The van der Waals surface area contributed by atoms with E-state index < -0.39 is 24.4 Å². The molecule has 7 nitrogen and oxygen atoms in total. The van der Waals surface area contributed by atoms with Gasteiger partial charge in [-0.15, -0.1) is 0 Å². The number of rotatable bonds is 21. The summed E-state index contributed by atoms with van der Waals surface area (Å²) in [7, 11) is 0. The van der Waals surface area contributed by atoms with Crippen LogP contribution in [-0.4, -0.2) is 29.4 Å². The first kappa shape index (κ1) is 39.6. The molecule has 0 rings (SSSR count). The Balaban J connectivity index is -0.00000131. The third-order valence-corrected chi connectivity index (χ3v) is 5.26. The minimum Gasteiger partial charge on any atom is -0.550 e. The first-order valence-electron chi connectivity index (χ1n) is 11.7. The second kappa shape index (κ2) is 29.4. The summed E-state index contributed by atoms with van der Waals surface area (Å²) in [6.07, 6.45) is 18.3. The number of carboxylic acid groups (broad SMARTS) is 2. The first-order valence-corrected chi connectivity index (χ1v) is 11.7. The molecule has 0 saturated carbocycles. The third kappa shape index (κ3) is 28.4. The molecule has 0 aliphatic heterocycles. The van der Waals surface area contributed by atoms with Crippen molar-refractivity contribution in [3.63, 3.8) is 0 Å². The summed E-state index contributed by atoms with van der Waals surface area (Å²) in [5.41, 5.74) is 0. The summed E-state index contributed by atoms with van der Waals surface area (Å²) >= 11 is 0. The second-order valence-corrected chi connectivity index (χ2v) is 8.05. The zero-order valence-corrected chi connectivity index (χ0v) is 24.8. The van der Waals surface area contributed by atoms with Crippen molar-refractivity contribution in [3.05, 3.63) is 0 Å². The van der Waals surface area contributed by atoms with Gasteiger partial charge in [-0.3, -0.25) is 4.79 Å². The maximum atomic E-state index is 11.8.